The molecule has 17 heavy (non-hydrogen) atoms. The first-order valence-electron chi connectivity index (χ1n) is 5.65. The summed E-state index contributed by atoms with van der Waals surface area (Å²) in [5.74, 6) is 0. The van der Waals surface area contributed by atoms with Gasteiger partial charge in [0, 0.05) is 0 Å². The van der Waals surface area contributed by atoms with Crippen molar-refractivity contribution in [3.05, 3.63) is 12.8 Å². The third-order valence-corrected chi connectivity index (χ3v) is 6.25. The van der Waals surface area contributed by atoms with Crippen LogP contribution < -0.4 is 0 Å². The van der Waals surface area contributed by atoms with Crippen molar-refractivity contribution >= 4 is 28.8 Å². The van der Waals surface area contributed by atoms with Crippen molar-refractivity contribution in [3.63, 3.8) is 0 Å². The van der Waals surface area contributed by atoms with Crippen molar-refractivity contribution < 1.29 is 18.4 Å². The molecule has 98 valence electrons. The molecule has 0 saturated heterocycles. The van der Waals surface area contributed by atoms with E-state index in [4.69, 9.17) is 8.85 Å². The molecule has 0 bridgehead atoms. The summed E-state index contributed by atoms with van der Waals surface area (Å²) in [6.07, 6.45) is 2.06. The topological polar surface area (TPSA) is 44.8 Å². The first-order valence-corrected chi connectivity index (χ1v) is 11.0. The molecule has 0 aliphatic carbocycles. The number of rotatable bonds is 7. The summed E-state index contributed by atoms with van der Waals surface area (Å²) in [6.45, 7) is 12.3. The van der Waals surface area contributed by atoms with Gasteiger partial charge in [0.1, 0.15) is 0 Å². The predicted molar refractivity (Wildman–Crippen MR) is 74.0 cm³/mol. The first kappa shape index (κ1) is 16.1. The minimum absolute atomic E-state index is 0.366. The molecule has 0 fully saturated rings. The maximum atomic E-state index is 10.8. The Morgan fingerprint density at radius 1 is 1.41 bits per heavy atom. The quantitative estimate of drug-likeness (QED) is 0.310. The lowest BCUT2D eigenvalue weighted by molar-refractivity contribution is 0.0845. The number of hydrogen-bond donors (Lipinski definition) is 0. The smallest absolute Gasteiger partial charge is 0.513 e. The Labute approximate surface area is 106 Å². The number of carbonyl (C=O) groups excluding carboxylic acids is 1. The summed E-state index contributed by atoms with van der Waals surface area (Å²) in [5, 5.41) is 0. The zero-order chi connectivity index (χ0) is 13.3. The fraction of sp³-hybridized carbons (Fsp3) is 0.636. The van der Waals surface area contributed by atoms with Gasteiger partial charge >= 0.3 is 6.16 Å². The molecule has 0 aliphatic rings. The van der Waals surface area contributed by atoms with E-state index in [0.29, 0.717) is 6.61 Å². The number of unbranched alkanes of at least 4 members (excludes halogenated alkanes) is 1. The van der Waals surface area contributed by atoms with Gasteiger partial charge in [-0.3, -0.25) is 0 Å². The normalized spacial score (nSPS) is 11.9. The highest BCUT2D eigenvalue weighted by Crippen LogP contribution is 2.02. The van der Waals surface area contributed by atoms with E-state index >= 15 is 0 Å². The van der Waals surface area contributed by atoms with Crippen LogP contribution in [-0.4, -0.2) is 35.4 Å². The van der Waals surface area contributed by atoms with Crippen molar-refractivity contribution in [2.45, 2.75) is 39.0 Å². The second-order valence-electron chi connectivity index (χ2n) is 4.55. The molecule has 0 heterocycles. The predicted octanol–water partition coefficient (Wildman–Crippen LogP) is 2.92. The maximum Gasteiger partial charge on any atom is 0.513 e. The van der Waals surface area contributed by atoms with Gasteiger partial charge in [-0.15, -0.1) is 0 Å². The van der Waals surface area contributed by atoms with Gasteiger partial charge in [-0.25, -0.2) is 4.79 Å². The van der Waals surface area contributed by atoms with Crippen LogP contribution in [-0.2, 0) is 13.6 Å². The number of carbonyl (C=O) groups is 1. The average Bonchev–Trinajstić information content (AvgIpc) is 2.14. The Bertz CT molecular complexity index is 282. The Balaban J connectivity index is 3.66. The lowest BCUT2D eigenvalue weighted by atomic mass is 10.4. The van der Waals surface area contributed by atoms with Crippen molar-refractivity contribution in [2.75, 3.05) is 6.61 Å². The average molecular weight is 274 g/mol. The molecular formula is C11H22O4Si2. The molecule has 0 aromatic carbocycles. The van der Waals surface area contributed by atoms with E-state index in [1.54, 1.807) is 0 Å². The zero-order valence-corrected chi connectivity index (χ0v) is 13.1. The van der Waals surface area contributed by atoms with Crippen LogP contribution in [0.5, 0.6) is 0 Å². The molecule has 0 amide bonds. The highest BCUT2D eigenvalue weighted by Gasteiger charge is 2.14. The summed E-state index contributed by atoms with van der Waals surface area (Å²) >= 11 is 0. The first-order chi connectivity index (χ1) is 7.85. The third kappa shape index (κ3) is 11.4. The monoisotopic (exact) mass is 274 g/mol. The van der Waals surface area contributed by atoms with Crippen LogP contribution >= 0.6 is 0 Å². The molecule has 0 aromatic heterocycles. The highest BCUT2D eigenvalue weighted by atomic mass is 28.4. The minimum Gasteiger partial charge on any atom is -0.605 e. The Morgan fingerprint density at radius 2 is 2.06 bits per heavy atom. The van der Waals surface area contributed by atoms with Gasteiger partial charge in [-0.1, -0.05) is 12.3 Å². The summed E-state index contributed by atoms with van der Waals surface area (Å²) in [7, 11) is -2.23. The standard InChI is InChI=1S/C11H22O4Si2/c1-6-13-11(12)14-9-7-8-10-16(2)15-17(3,4)5/h6,10H,1,7-9H2,2-5H3. The van der Waals surface area contributed by atoms with E-state index in [0.717, 1.165) is 19.1 Å². The van der Waals surface area contributed by atoms with Gasteiger partial charge in [0.2, 0.25) is 17.0 Å². The van der Waals surface area contributed by atoms with E-state index in [1.165, 1.54) is 0 Å². The largest absolute Gasteiger partial charge is 0.605 e. The van der Waals surface area contributed by atoms with Crippen LogP contribution in [0.3, 0.4) is 0 Å². The Morgan fingerprint density at radius 3 is 2.59 bits per heavy atom. The lowest BCUT2D eigenvalue weighted by Crippen LogP contribution is -2.30. The molecule has 4 nitrogen and oxygen atoms in total. The van der Waals surface area contributed by atoms with Crippen LogP contribution in [0.25, 0.3) is 0 Å². The molecule has 0 N–H and O–H groups in total. The van der Waals surface area contributed by atoms with Gasteiger partial charge in [-0.05, 0) is 39.0 Å². The molecule has 0 aliphatic heterocycles. The number of ether oxygens (including phenoxy) is 2. The molecular weight excluding hydrogens is 252 g/mol. The van der Waals surface area contributed by atoms with Crippen molar-refractivity contribution in [3.8, 4) is 0 Å². The van der Waals surface area contributed by atoms with E-state index in [2.05, 4.69) is 43.2 Å². The summed E-state index contributed by atoms with van der Waals surface area (Å²) < 4.78 is 15.2. The molecule has 0 aromatic rings. The Hall–Kier alpha value is -0.886. The van der Waals surface area contributed by atoms with E-state index in [9.17, 15) is 4.79 Å². The van der Waals surface area contributed by atoms with Crippen LogP contribution in [0, 0.1) is 0 Å². The second kappa shape index (κ2) is 8.24. The zero-order valence-electron chi connectivity index (χ0n) is 11.1. The van der Waals surface area contributed by atoms with Crippen LogP contribution in [0.1, 0.15) is 12.8 Å². The highest BCUT2D eigenvalue weighted by molar-refractivity contribution is 6.78. The van der Waals surface area contributed by atoms with Gasteiger partial charge in [0.25, 0.3) is 0 Å². The fourth-order valence-corrected chi connectivity index (χ4v) is 5.98. The van der Waals surface area contributed by atoms with Crippen LogP contribution in [0.2, 0.25) is 26.2 Å². The maximum absolute atomic E-state index is 10.8. The molecule has 0 saturated carbocycles. The summed E-state index contributed by atoms with van der Waals surface area (Å²) in [6, 6.07) is 0. The molecule has 0 spiro atoms. The fourth-order valence-electron chi connectivity index (χ4n) is 1.17. The van der Waals surface area contributed by atoms with Crippen molar-refractivity contribution in [1.29, 1.82) is 0 Å². The SMILES string of the molecule is C=COC(=O)OCCCC=[Si](C)O[Si](C)(C)C. The summed E-state index contributed by atoms with van der Waals surface area (Å²) in [4.78, 5) is 10.8. The van der Waals surface area contributed by atoms with Gasteiger partial charge in [0.15, 0.2) is 0 Å². The van der Waals surface area contributed by atoms with Gasteiger partial charge < -0.3 is 13.6 Å². The summed E-state index contributed by atoms with van der Waals surface area (Å²) in [5.41, 5.74) is 2.20. The lowest BCUT2D eigenvalue weighted by Gasteiger charge is -2.20. The minimum atomic E-state index is -1.42. The van der Waals surface area contributed by atoms with Crippen LogP contribution in [0.4, 0.5) is 4.79 Å². The van der Waals surface area contributed by atoms with Gasteiger partial charge in [-0.2, -0.15) is 0 Å². The van der Waals surface area contributed by atoms with Gasteiger partial charge in [0.05, 0.1) is 12.9 Å². The van der Waals surface area contributed by atoms with Crippen molar-refractivity contribution in [2.24, 2.45) is 0 Å². The Kier molecular flexibility index (Phi) is 7.81. The second-order valence-corrected chi connectivity index (χ2v) is 11.2. The molecule has 0 rings (SSSR count). The van der Waals surface area contributed by atoms with Crippen molar-refractivity contribution in [1.82, 2.24) is 0 Å². The van der Waals surface area contributed by atoms with Crippen LogP contribution in [0.15, 0.2) is 12.8 Å². The van der Waals surface area contributed by atoms with E-state index < -0.39 is 23.1 Å². The van der Waals surface area contributed by atoms with E-state index in [1.807, 2.05) is 0 Å². The molecule has 0 radical (unpaired) electrons. The molecule has 0 unspecified atom stereocenters. The third-order valence-electron chi connectivity index (χ3n) is 1.65. The molecule has 0 atom stereocenters. The molecule has 6 heteroatoms. The van der Waals surface area contributed by atoms with E-state index in [-0.39, 0.29) is 0 Å². The number of hydrogen-bond acceptors (Lipinski definition) is 4.